The highest BCUT2D eigenvalue weighted by Crippen LogP contribution is 2.38. The molecule has 2 aromatic rings. The molecule has 2 aliphatic rings. The number of sulfonamides is 1. The van der Waals surface area contributed by atoms with Crippen LogP contribution in [0.4, 0.5) is 0 Å². The molecule has 0 amide bonds. The van der Waals surface area contributed by atoms with E-state index in [1.54, 1.807) is 12.1 Å². The Morgan fingerprint density at radius 3 is 2.54 bits per heavy atom. The zero-order valence-electron chi connectivity index (χ0n) is 14.3. The van der Waals surface area contributed by atoms with Crippen LogP contribution in [-0.4, -0.2) is 58.1 Å². The standard InChI is InChI=1S/C15H20ClN5O2S3/c1-18-14(11-2-3-11)17-21(15(18)24)10-19-6-8-20(9-7-19)26(22,23)13-5-4-12(16)25-13/h4-5,11H,2-3,6-10H2,1H3. The highest BCUT2D eigenvalue weighted by atomic mass is 35.5. The molecule has 0 aromatic carbocycles. The first-order valence-corrected chi connectivity index (χ1v) is 11.5. The van der Waals surface area contributed by atoms with Crippen molar-refractivity contribution < 1.29 is 8.42 Å². The van der Waals surface area contributed by atoms with E-state index >= 15 is 0 Å². The molecule has 26 heavy (non-hydrogen) atoms. The Morgan fingerprint density at radius 2 is 1.96 bits per heavy atom. The fourth-order valence-corrected chi connectivity index (χ4v) is 6.41. The average molecular weight is 434 g/mol. The lowest BCUT2D eigenvalue weighted by Crippen LogP contribution is -2.48. The molecule has 0 unspecified atom stereocenters. The number of hydrogen-bond donors (Lipinski definition) is 0. The predicted octanol–water partition coefficient (Wildman–Crippen LogP) is 2.51. The summed E-state index contributed by atoms with van der Waals surface area (Å²) in [5, 5.41) is 4.67. The summed E-state index contributed by atoms with van der Waals surface area (Å²) in [6.45, 7) is 2.80. The Hall–Kier alpha value is -0.780. The van der Waals surface area contributed by atoms with Gasteiger partial charge in [0.25, 0.3) is 10.0 Å². The van der Waals surface area contributed by atoms with Crippen molar-refractivity contribution in [3.63, 3.8) is 0 Å². The number of rotatable bonds is 5. The van der Waals surface area contributed by atoms with E-state index in [9.17, 15) is 8.42 Å². The maximum Gasteiger partial charge on any atom is 0.252 e. The second-order valence-electron chi connectivity index (χ2n) is 6.70. The van der Waals surface area contributed by atoms with Gasteiger partial charge in [0, 0.05) is 39.1 Å². The maximum atomic E-state index is 12.7. The molecule has 142 valence electrons. The molecule has 0 N–H and O–H groups in total. The molecule has 1 saturated heterocycles. The third kappa shape index (κ3) is 3.50. The van der Waals surface area contributed by atoms with Gasteiger partial charge in [-0.15, -0.1) is 11.3 Å². The van der Waals surface area contributed by atoms with Gasteiger partial charge in [-0.25, -0.2) is 13.1 Å². The zero-order chi connectivity index (χ0) is 18.5. The summed E-state index contributed by atoms with van der Waals surface area (Å²) in [4.78, 5) is 2.19. The van der Waals surface area contributed by atoms with Crippen LogP contribution in [0.25, 0.3) is 0 Å². The van der Waals surface area contributed by atoms with E-state index in [0.717, 1.165) is 21.9 Å². The molecule has 0 spiro atoms. The summed E-state index contributed by atoms with van der Waals surface area (Å²) < 4.78 is 32.2. The first-order valence-electron chi connectivity index (χ1n) is 8.48. The first kappa shape index (κ1) is 18.6. The van der Waals surface area contributed by atoms with Gasteiger partial charge in [0.05, 0.1) is 11.0 Å². The van der Waals surface area contributed by atoms with Crippen LogP contribution in [0.5, 0.6) is 0 Å². The van der Waals surface area contributed by atoms with Crippen molar-refractivity contribution in [2.24, 2.45) is 7.05 Å². The van der Waals surface area contributed by atoms with Crippen molar-refractivity contribution in [3.8, 4) is 0 Å². The molecular formula is C15H20ClN5O2S3. The molecule has 1 saturated carbocycles. The molecule has 2 aromatic heterocycles. The first-order chi connectivity index (χ1) is 12.4. The lowest BCUT2D eigenvalue weighted by Gasteiger charge is -2.33. The van der Waals surface area contributed by atoms with E-state index in [2.05, 4.69) is 10.00 Å². The van der Waals surface area contributed by atoms with Crippen molar-refractivity contribution in [2.45, 2.75) is 29.6 Å². The molecule has 2 fully saturated rings. The summed E-state index contributed by atoms with van der Waals surface area (Å²) in [5.74, 6) is 1.60. The largest absolute Gasteiger partial charge is 0.307 e. The van der Waals surface area contributed by atoms with Gasteiger partial charge in [-0.3, -0.25) is 4.90 Å². The highest BCUT2D eigenvalue weighted by molar-refractivity contribution is 7.91. The second kappa shape index (κ2) is 6.99. The van der Waals surface area contributed by atoms with E-state index in [0.29, 0.717) is 47.3 Å². The summed E-state index contributed by atoms with van der Waals surface area (Å²) in [5.41, 5.74) is 0. The molecule has 3 heterocycles. The quantitative estimate of drug-likeness (QED) is 0.678. The number of hydrogen-bond acceptors (Lipinski definition) is 6. The molecule has 0 radical (unpaired) electrons. The maximum absolute atomic E-state index is 12.7. The van der Waals surface area contributed by atoms with Gasteiger partial charge in [0.2, 0.25) is 0 Å². The number of piperazine rings is 1. The Kier molecular flexibility index (Phi) is 4.99. The molecular weight excluding hydrogens is 414 g/mol. The summed E-state index contributed by atoms with van der Waals surface area (Å²) in [7, 11) is -1.49. The fraction of sp³-hybridized carbons (Fsp3) is 0.600. The minimum Gasteiger partial charge on any atom is -0.307 e. The van der Waals surface area contributed by atoms with E-state index in [1.165, 1.54) is 17.1 Å². The van der Waals surface area contributed by atoms with Gasteiger partial charge in [0.1, 0.15) is 10.0 Å². The Morgan fingerprint density at radius 1 is 1.27 bits per heavy atom. The molecule has 7 nitrogen and oxygen atoms in total. The fourth-order valence-electron chi connectivity index (χ4n) is 3.16. The zero-order valence-corrected chi connectivity index (χ0v) is 17.5. The van der Waals surface area contributed by atoms with Gasteiger partial charge in [-0.1, -0.05) is 11.6 Å². The summed E-state index contributed by atoms with van der Waals surface area (Å²) >= 11 is 12.5. The minimum atomic E-state index is -3.46. The highest BCUT2D eigenvalue weighted by Gasteiger charge is 2.31. The van der Waals surface area contributed by atoms with Crippen molar-refractivity contribution in [2.75, 3.05) is 26.2 Å². The third-order valence-corrected chi connectivity index (χ3v) is 8.91. The molecule has 0 atom stereocenters. The molecule has 11 heteroatoms. The van der Waals surface area contributed by atoms with Crippen LogP contribution < -0.4 is 0 Å². The molecule has 0 bridgehead atoms. The van der Waals surface area contributed by atoms with Crippen molar-refractivity contribution in [1.29, 1.82) is 0 Å². The number of aromatic nitrogens is 3. The number of nitrogens with zero attached hydrogens (tertiary/aromatic N) is 5. The van der Waals surface area contributed by atoms with Crippen molar-refractivity contribution in [1.82, 2.24) is 23.6 Å². The number of thiophene rings is 1. The van der Waals surface area contributed by atoms with Crippen LogP contribution in [0.1, 0.15) is 24.6 Å². The topological polar surface area (TPSA) is 63.4 Å². The van der Waals surface area contributed by atoms with Crippen LogP contribution in [0.2, 0.25) is 4.34 Å². The van der Waals surface area contributed by atoms with Crippen LogP contribution in [-0.2, 0) is 23.7 Å². The predicted molar refractivity (Wildman–Crippen MR) is 104 cm³/mol. The van der Waals surface area contributed by atoms with Gasteiger partial charge < -0.3 is 4.57 Å². The van der Waals surface area contributed by atoms with Crippen molar-refractivity contribution in [3.05, 3.63) is 27.1 Å². The molecule has 4 rings (SSSR count). The lowest BCUT2D eigenvalue weighted by atomic mass is 10.4. The second-order valence-corrected chi connectivity index (χ2v) is 10.9. The van der Waals surface area contributed by atoms with Crippen LogP contribution in [0.15, 0.2) is 16.3 Å². The number of halogens is 1. The van der Waals surface area contributed by atoms with Gasteiger partial charge in [-0.2, -0.15) is 9.40 Å². The normalized spacial score (nSPS) is 19.9. The van der Waals surface area contributed by atoms with Gasteiger partial charge >= 0.3 is 0 Å². The smallest absolute Gasteiger partial charge is 0.252 e. The van der Waals surface area contributed by atoms with E-state index in [1.807, 2.05) is 16.3 Å². The van der Waals surface area contributed by atoms with Crippen LogP contribution in [0, 0.1) is 4.77 Å². The summed E-state index contributed by atoms with van der Waals surface area (Å²) in [6, 6.07) is 3.19. The Bertz CT molecular complexity index is 968. The average Bonchev–Trinajstić information content (AvgIpc) is 3.30. The van der Waals surface area contributed by atoms with E-state index in [-0.39, 0.29) is 0 Å². The minimum absolute atomic E-state index is 0.303. The van der Waals surface area contributed by atoms with Crippen LogP contribution in [0.3, 0.4) is 0 Å². The molecule has 1 aliphatic carbocycles. The summed E-state index contributed by atoms with van der Waals surface area (Å²) in [6.07, 6.45) is 2.37. The van der Waals surface area contributed by atoms with Gasteiger partial charge in [-0.05, 0) is 37.2 Å². The van der Waals surface area contributed by atoms with E-state index in [4.69, 9.17) is 23.8 Å². The van der Waals surface area contributed by atoms with Crippen molar-refractivity contribution >= 4 is 45.2 Å². The monoisotopic (exact) mass is 433 g/mol. The lowest BCUT2D eigenvalue weighted by molar-refractivity contribution is 0.144. The third-order valence-electron chi connectivity index (χ3n) is 4.82. The van der Waals surface area contributed by atoms with Crippen LogP contribution >= 0.6 is 35.2 Å². The van der Waals surface area contributed by atoms with Gasteiger partial charge in [0.15, 0.2) is 4.77 Å². The Balaban J connectivity index is 1.41. The molecule has 1 aliphatic heterocycles. The Labute approximate surface area is 166 Å². The SMILES string of the molecule is Cn1c(C2CC2)nn(CN2CCN(S(=O)(=O)c3ccc(Cl)s3)CC2)c1=S. The van der Waals surface area contributed by atoms with E-state index < -0.39 is 10.0 Å².